The van der Waals surface area contributed by atoms with Gasteiger partial charge in [0.15, 0.2) is 0 Å². The minimum atomic E-state index is 0.260. The molecule has 1 aliphatic carbocycles. The van der Waals surface area contributed by atoms with Crippen LogP contribution in [-0.4, -0.2) is 36.5 Å². The molecule has 3 nitrogen and oxygen atoms in total. The molecule has 2 rings (SSSR count). The topological polar surface area (TPSA) is 41.1 Å². The molecule has 0 aromatic carbocycles. The van der Waals surface area contributed by atoms with E-state index in [2.05, 4.69) is 10.6 Å². The van der Waals surface area contributed by atoms with Gasteiger partial charge in [0.25, 0.3) is 0 Å². The van der Waals surface area contributed by atoms with Gasteiger partial charge < -0.3 is 10.6 Å². The Morgan fingerprint density at radius 3 is 2.53 bits per heavy atom. The van der Waals surface area contributed by atoms with E-state index in [0.717, 1.165) is 25.9 Å². The average Bonchev–Trinajstić information content (AvgIpc) is 3.09. The van der Waals surface area contributed by atoms with Gasteiger partial charge in [-0.1, -0.05) is 0 Å². The second-order valence-electron chi connectivity index (χ2n) is 4.41. The van der Waals surface area contributed by atoms with Gasteiger partial charge in [-0.25, -0.2) is 0 Å². The SMILES string of the molecule is O=C(NCCNC1CCSCC1)C1CC1. The van der Waals surface area contributed by atoms with Crippen molar-refractivity contribution in [3.63, 3.8) is 0 Å². The first kappa shape index (κ1) is 11.3. The zero-order valence-electron chi connectivity index (χ0n) is 9.13. The lowest BCUT2D eigenvalue weighted by molar-refractivity contribution is -0.122. The highest BCUT2D eigenvalue weighted by Crippen LogP contribution is 2.28. The van der Waals surface area contributed by atoms with Crippen molar-refractivity contribution in [3.05, 3.63) is 0 Å². The number of hydrogen-bond donors (Lipinski definition) is 2. The van der Waals surface area contributed by atoms with Crippen LogP contribution in [0.4, 0.5) is 0 Å². The average molecular weight is 228 g/mol. The predicted molar refractivity (Wildman–Crippen MR) is 64.1 cm³/mol. The van der Waals surface area contributed by atoms with Crippen molar-refractivity contribution >= 4 is 17.7 Å². The fourth-order valence-electron chi connectivity index (χ4n) is 1.85. The molecule has 0 aromatic rings. The van der Waals surface area contributed by atoms with Gasteiger partial charge in [-0.15, -0.1) is 0 Å². The van der Waals surface area contributed by atoms with Crippen molar-refractivity contribution < 1.29 is 4.79 Å². The quantitative estimate of drug-likeness (QED) is 0.690. The molecule has 0 bridgehead atoms. The molecule has 0 aromatic heterocycles. The fourth-order valence-corrected chi connectivity index (χ4v) is 2.96. The summed E-state index contributed by atoms with van der Waals surface area (Å²) < 4.78 is 0. The van der Waals surface area contributed by atoms with E-state index in [0.29, 0.717) is 12.0 Å². The van der Waals surface area contributed by atoms with Crippen LogP contribution in [0.15, 0.2) is 0 Å². The third-order valence-electron chi connectivity index (χ3n) is 3.03. The summed E-state index contributed by atoms with van der Waals surface area (Å²) in [5, 5.41) is 6.49. The van der Waals surface area contributed by atoms with Crippen LogP contribution < -0.4 is 10.6 Å². The predicted octanol–water partition coefficient (Wildman–Crippen LogP) is 0.998. The zero-order chi connectivity index (χ0) is 10.5. The number of hydrogen-bond acceptors (Lipinski definition) is 3. The van der Waals surface area contributed by atoms with E-state index in [-0.39, 0.29) is 5.91 Å². The molecule has 1 saturated heterocycles. The van der Waals surface area contributed by atoms with Crippen LogP contribution >= 0.6 is 11.8 Å². The van der Waals surface area contributed by atoms with Gasteiger partial charge in [0.2, 0.25) is 5.91 Å². The molecular formula is C11H20N2OS. The highest BCUT2D eigenvalue weighted by atomic mass is 32.2. The maximum Gasteiger partial charge on any atom is 0.223 e. The molecule has 2 fully saturated rings. The van der Waals surface area contributed by atoms with Crippen molar-refractivity contribution in [3.8, 4) is 0 Å². The number of amides is 1. The molecule has 0 spiro atoms. The zero-order valence-corrected chi connectivity index (χ0v) is 9.94. The fraction of sp³-hybridized carbons (Fsp3) is 0.909. The molecule has 15 heavy (non-hydrogen) atoms. The lowest BCUT2D eigenvalue weighted by Crippen LogP contribution is -2.39. The monoisotopic (exact) mass is 228 g/mol. The van der Waals surface area contributed by atoms with Crippen molar-refractivity contribution in [2.75, 3.05) is 24.6 Å². The normalized spacial score (nSPS) is 22.7. The third kappa shape index (κ3) is 4.03. The second kappa shape index (κ2) is 5.75. The second-order valence-corrected chi connectivity index (χ2v) is 5.63. The Labute approximate surface area is 95.8 Å². The lowest BCUT2D eigenvalue weighted by atomic mass is 10.1. The summed E-state index contributed by atoms with van der Waals surface area (Å²) in [5.74, 6) is 3.17. The van der Waals surface area contributed by atoms with Crippen LogP contribution in [0.25, 0.3) is 0 Å². The first-order chi connectivity index (χ1) is 7.36. The molecule has 0 atom stereocenters. The van der Waals surface area contributed by atoms with Crippen LogP contribution in [0.3, 0.4) is 0 Å². The van der Waals surface area contributed by atoms with Crippen molar-refractivity contribution in [1.82, 2.24) is 10.6 Å². The molecule has 0 radical (unpaired) electrons. The van der Waals surface area contributed by atoms with E-state index in [1.54, 1.807) is 0 Å². The number of carbonyl (C=O) groups is 1. The molecule has 1 heterocycles. The summed E-state index contributed by atoms with van der Waals surface area (Å²) in [6.07, 6.45) is 4.75. The van der Waals surface area contributed by atoms with Gasteiger partial charge in [0.05, 0.1) is 0 Å². The summed E-state index contributed by atoms with van der Waals surface area (Å²) in [7, 11) is 0. The Balaban J connectivity index is 1.48. The van der Waals surface area contributed by atoms with Gasteiger partial charge >= 0.3 is 0 Å². The van der Waals surface area contributed by atoms with Crippen molar-refractivity contribution in [2.24, 2.45) is 5.92 Å². The van der Waals surface area contributed by atoms with Gasteiger partial charge in [0.1, 0.15) is 0 Å². The highest BCUT2D eigenvalue weighted by molar-refractivity contribution is 7.99. The Bertz CT molecular complexity index is 213. The minimum absolute atomic E-state index is 0.260. The Morgan fingerprint density at radius 1 is 1.13 bits per heavy atom. The summed E-state index contributed by atoms with van der Waals surface area (Å²) in [6.45, 7) is 1.72. The molecule has 1 saturated carbocycles. The molecule has 86 valence electrons. The van der Waals surface area contributed by atoms with E-state index in [1.165, 1.54) is 24.3 Å². The number of rotatable bonds is 5. The molecule has 2 aliphatic rings. The third-order valence-corrected chi connectivity index (χ3v) is 4.08. The number of carbonyl (C=O) groups excluding carboxylic acids is 1. The molecule has 4 heteroatoms. The maximum atomic E-state index is 11.3. The minimum Gasteiger partial charge on any atom is -0.355 e. The van der Waals surface area contributed by atoms with Crippen LogP contribution in [0.1, 0.15) is 25.7 Å². The maximum absolute atomic E-state index is 11.3. The van der Waals surface area contributed by atoms with E-state index < -0.39 is 0 Å². The van der Waals surface area contributed by atoms with Crippen LogP contribution in [0.2, 0.25) is 0 Å². The van der Waals surface area contributed by atoms with E-state index in [9.17, 15) is 4.79 Å². The molecule has 1 aliphatic heterocycles. The van der Waals surface area contributed by atoms with Gasteiger partial charge in [0, 0.05) is 25.0 Å². The van der Waals surface area contributed by atoms with E-state index in [1.807, 2.05) is 11.8 Å². The summed E-state index contributed by atoms with van der Waals surface area (Å²) >= 11 is 2.05. The smallest absolute Gasteiger partial charge is 0.223 e. The Kier molecular flexibility index (Phi) is 4.32. The van der Waals surface area contributed by atoms with E-state index >= 15 is 0 Å². The largest absolute Gasteiger partial charge is 0.355 e. The highest BCUT2D eigenvalue weighted by Gasteiger charge is 2.28. The standard InChI is InChI=1S/C11H20N2OS/c14-11(9-1-2-9)13-6-5-12-10-3-7-15-8-4-10/h9-10,12H,1-8H2,(H,13,14). The number of thioether (sulfide) groups is 1. The summed E-state index contributed by atoms with van der Waals surface area (Å²) in [6, 6.07) is 0.684. The summed E-state index contributed by atoms with van der Waals surface area (Å²) in [4.78, 5) is 11.3. The molecule has 0 unspecified atom stereocenters. The molecular weight excluding hydrogens is 208 g/mol. The first-order valence-corrected chi connectivity index (χ1v) is 7.10. The Hall–Kier alpha value is -0.220. The number of nitrogens with one attached hydrogen (secondary N) is 2. The molecule has 1 amide bonds. The van der Waals surface area contributed by atoms with Crippen molar-refractivity contribution in [2.45, 2.75) is 31.7 Å². The lowest BCUT2D eigenvalue weighted by Gasteiger charge is -2.22. The van der Waals surface area contributed by atoms with Crippen molar-refractivity contribution in [1.29, 1.82) is 0 Å². The first-order valence-electron chi connectivity index (χ1n) is 5.95. The van der Waals surface area contributed by atoms with Gasteiger partial charge in [-0.2, -0.15) is 11.8 Å². The van der Waals surface area contributed by atoms with Crippen LogP contribution in [0.5, 0.6) is 0 Å². The van der Waals surface area contributed by atoms with Crippen LogP contribution in [-0.2, 0) is 4.79 Å². The van der Waals surface area contributed by atoms with Gasteiger partial charge in [-0.05, 0) is 37.2 Å². The Morgan fingerprint density at radius 2 is 1.87 bits per heavy atom. The van der Waals surface area contributed by atoms with Gasteiger partial charge in [-0.3, -0.25) is 4.79 Å². The molecule has 2 N–H and O–H groups in total. The van der Waals surface area contributed by atoms with Crippen LogP contribution in [0, 0.1) is 5.92 Å². The summed E-state index contributed by atoms with van der Waals surface area (Å²) in [5.41, 5.74) is 0. The van der Waals surface area contributed by atoms with E-state index in [4.69, 9.17) is 0 Å².